The lowest BCUT2D eigenvalue weighted by atomic mass is 10.0. The number of aliphatic hydroxyl groups excluding tert-OH is 1. The number of hydrogen-bond acceptors (Lipinski definition) is 3. The number of hydrogen-bond donors (Lipinski definition) is 1. The van der Waals surface area contributed by atoms with Crippen molar-refractivity contribution in [3.63, 3.8) is 0 Å². The Hall–Kier alpha value is -2.85. The van der Waals surface area contributed by atoms with Crippen LogP contribution in [0.5, 0.6) is 0 Å². The Morgan fingerprint density at radius 3 is 2.36 bits per heavy atom. The van der Waals surface area contributed by atoms with E-state index in [2.05, 4.69) is 60.0 Å². The van der Waals surface area contributed by atoms with Crippen LogP contribution in [-0.2, 0) is 16.1 Å². The Balaban J connectivity index is 1.51. The molecule has 3 aromatic rings. The summed E-state index contributed by atoms with van der Waals surface area (Å²) in [5, 5.41) is 9.81. The lowest BCUT2D eigenvalue weighted by molar-refractivity contribution is -0.160. The molecule has 1 fully saturated rings. The first kappa shape index (κ1) is 18.5. The number of nitrogens with zero attached hydrogens (tertiary/aromatic N) is 1. The van der Waals surface area contributed by atoms with Crippen LogP contribution in [0.2, 0.25) is 0 Å². The summed E-state index contributed by atoms with van der Waals surface area (Å²) in [5.74, 6) is -0.301. The van der Waals surface area contributed by atoms with E-state index in [0.29, 0.717) is 12.8 Å². The number of aliphatic hydroxyl groups is 1. The normalized spacial score (nSPS) is 19.4. The number of aryl methyl sites for hydroxylation is 1. The number of benzene rings is 2. The van der Waals surface area contributed by atoms with Gasteiger partial charge in [-0.2, -0.15) is 0 Å². The molecule has 2 heterocycles. The molecule has 1 aliphatic heterocycles. The van der Waals surface area contributed by atoms with Gasteiger partial charge in [0, 0.05) is 30.8 Å². The van der Waals surface area contributed by atoms with E-state index in [1.807, 2.05) is 18.2 Å². The first-order valence-electron chi connectivity index (χ1n) is 9.79. The van der Waals surface area contributed by atoms with Crippen LogP contribution >= 0.6 is 0 Å². The number of cyclic esters (lactones) is 1. The molecule has 2 aromatic carbocycles. The van der Waals surface area contributed by atoms with Crippen molar-refractivity contribution < 1.29 is 14.6 Å². The van der Waals surface area contributed by atoms with Crippen LogP contribution in [0.15, 0.2) is 66.7 Å². The van der Waals surface area contributed by atoms with Crippen LogP contribution < -0.4 is 0 Å². The van der Waals surface area contributed by atoms with Crippen molar-refractivity contribution in [3.05, 3.63) is 72.4 Å². The van der Waals surface area contributed by atoms with Crippen molar-refractivity contribution >= 4 is 5.97 Å². The summed E-state index contributed by atoms with van der Waals surface area (Å²) in [5.41, 5.74) is 5.89. The van der Waals surface area contributed by atoms with E-state index in [1.165, 1.54) is 16.8 Å². The summed E-state index contributed by atoms with van der Waals surface area (Å²) in [6, 6.07) is 23.2. The molecule has 1 aliphatic rings. The molecule has 4 nitrogen and oxygen atoms in total. The van der Waals surface area contributed by atoms with Gasteiger partial charge in [0.15, 0.2) is 0 Å². The third kappa shape index (κ3) is 4.02. The average Bonchev–Trinajstić information content (AvgIpc) is 3.07. The third-order valence-electron chi connectivity index (χ3n) is 5.40. The predicted octanol–water partition coefficient (Wildman–Crippen LogP) is 4.59. The number of carbonyl (C=O) groups excluding carboxylic acids is 1. The molecule has 0 radical (unpaired) electrons. The van der Waals surface area contributed by atoms with Gasteiger partial charge < -0.3 is 14.4 Å². The minimum atomic E-state index is -0.581. The number of carbonyl (C=O) groups is 1. The van der Waals surface area contributed by atoms with Gasteiger partial charge in [0.2, 0.25) is 0 Å². The first-order valence-corrected chi connectivity index (χ1v) is 9.79. The lowest BCUT2D eigenvalue weighted by Gasteiger charge is -2.26. The Morgan fingerprint density at radius 1 is 0.964 bits per heavy atom. The highest BCUT2D eigenvalue weighted by Gasteiger charge is 2.27. The number of rotatable bonds is 5. The zero-order chi connectivity index (χ0) is 19.5. The van der Waals surface area contributed by atoms with E-state index in [1.54, 1.807) is 0 Å². The van der Waals surface area contributed by atoms with Gasteiger partial charge in [-0.25, -0.2) is 0 Å². The van der Waals surface area contributed by atoms with Gasteiger partial charge in [-0.3, -0.25) is 4.79 Å². The smallest absolute Gasteiger partial charge is 0.308 e. The van der Waals surface area contributed by atoms with E-state index in [0.717, 1.165) is 17.8 Å². The van der Waals surface area contributed by atoms with Gasteiger partial charge in [0.1, 0.15) is 6.10 Å². The monoisotopic (exact) mass is 375 g/mol. The fourth-order valence-corrected chi connectivity index (χ4v) is 3.89. The largest absolute Gasteiger partial charge is 0.462 e. The van der Waals surface area contributed by atoms with E-state index in [4.69, 9.17) is 4.74 Å². The van der Waals surface area contributed by atoms with Gasteiger partial charge >= 0.3 is 5.97 Å². The van der Waals surface area contributed by atoms with Crippen molar-refractivity contribution in [2.24, 2.45) is 0 Å². The highest BCUT2D eigenvalue weighted by atomic mass is 16.5. The maximum Gasteiger partial charge on any atom is 0.308 e. The molecular weight excluding hydrogens is 350 g/mol. The van der Waals surface area contributed by atoms with Gasteiger partial charge in [-0.05, 0) is 35.7 Å². The lowest BCUT2D eigenvalue weighted by Crippen LogP contribution is -2.33. The molecule has 0 amide bonds. The first-order chi connectivity index (χ1) is 13.6. The standard InChI is InChI=1S/C24H25NO3/c1-17-7-12-23(25(17)14-13-22-15-21(26)16-24(27)28-22)20-10-8-19(9-11-20)18-5-3-2-4-6-18/h2-12,21-22,26H,13-16H2,1H3/t21-,22-/m1/s1. The molecule has 1 saturated heterocycles. The van der Waals surface area contributed by atoms with E-state index >= 15 is 0 Å². The highest BCUT2D eigenvalue weighted by molar-refractivity contribution is 5.71. The molecule has 28 heavy (non-hydrogen) atoms. The molecule has 4 heteroatoms. The number of ether oxygens (including phenoxy) is 1. The molecule has 144 valence electrons. The summed E-state index contributed by atoms with van der Waals surface area (Å²) in [4.78, 5) is 11.6. The summed E-state index contributed by atoms with van der Waals surface area (Å²) in [6.07, 6.45) is 0.534. The molecule has 0 bridgehead atoms. The number of esters is 1. The van der Waals surface area contributed by atoms with E-state index < -0.39 is 6.10 Å². The Bertz CT molecular complexity index is 944. The van der Waals surface area contributed by atoms with E-state index in [-0.39, 0.29) is 18.5 Å². The summed E-state index contributed by atoms with van der Waals surface area (Å²) in [7, 11) is 0. The van der Waals surface area contributed by atoms with Crippen LogP contribution in [0.3, 0.4) is 0 Å². The predicted molar refractivity (Wildman–Crippen MR) is 110 cm³/mol. The second-order valence-corrected chi connectivity index (χ2v) is 7.45. The Morgan fingerprint density at radius 2 is 1.64 bits per heavy atom. The molecule has 0 saturated carbocycles. The van der Waals surface area contributed by atoms with Crippen molar-refractivity contribution in [3.8, 4) is 22.4 Å². The van der Waals surface area contributed by atoms with Crippen LogP contribution in [-0.4, -0.2) is 27.9 Å². The van der Waals surface area contributed by atoms with Gasteiger partial charge in [0.05, 0.1) is 12.5 Å². The van der Waals surface area contributed by atoms with Crippen molar-refractivity contribution in [2.75, 3.05) is 0 Å². The molecule has 1 N–H and O–H groups in total. The molecule has 2 atom stereocenters. The quantitative estimate of drug-likeness (QED) is 0.664. The third-order valence-corrected chi connectivity index (χ3v) is 5.40. The van der Waals surface area contributed by atoms with Crippen LogP contribution in [0.1, 0.15) is 25.0 Å². The van der Waals surface area contributed by atoms with E-state index in [9.17, 15) is 9.90 Å². The second-order valence-electron chi connectivity index (χ2n) is 7.45. The fraction of sp³-hybridized carbons (Fsp3) is 0.292. The molecule has 0 aliphatic carbocycles. The number of aromatic nitrogens is 1. The molecule has 0 spiro atoms. The summed E-state index contributed by atoms with van der Waals surface area (Å²) in [6.45, 7) is 2.84. The van der Waals surface area contributed by atoms with Crippen LogP contribution in [0.4, 0.5) is 0 Å². The SMILES string of the molecule is Cc1ccc(-c2ccc(-c3ccccc3)cc2)n1CC[C@@H]1C[C@@H](O)CC(=O)O1. The highest BCUT2D eigenvalue weighted by Crippen LogP contribution is 2.27. The average molecular weight is 375 g/mol. The molecular formula is C24H25NO3. The fourth-order valence-electron chi connectivity index (χ4n) is 3.89. The minimum Gasteiger partial charge on any atom is -0.462 e. The summed E-state index contributed by atoms with van der Waals surface area (Å²) < 4.78 is 7.65. The Labute approximate surface area is 165 Å². The van der Waals surface area contributed by atoms with Crippen molar-refractivity contribution in [1.82, 2.24) is 4.57 Å². The maximum absolute atomic E-state index is 11.6. The molecule has 4 rings (SSSR count). The Kier molecular flexibility index (Phi) is 5.31. The minimum absolute atomic E-state index is 0.109. The van der Waals surface area contributed by atoms with Crippen LogP contribution in [0.25, 0.3) is 22.4 Å². The van der Waals surface area contributed by atoms with Gasteiger partial charge in [-0.15, -0.1) is 0 Å². The van der Waals surface area contributed by atoms with Crippen molar-refractivity contribution in [2.45, 2.75) is 44.9 Å². The zero-order valence-corrected chi connectivity index (χ0v) is 16.0. The van der Waals surface area contributed by atoms with Crippen molar-refractivity contribution in [1.29, 1.82) is 0 Å². The molecule has 0 unspecified atom stereocenters. The second kappa shape index (κ2) is 8.03. The zero-order valence-electron chi connectivity index (χ0n) is 16.0. The van der Waals surface area contributed by atoms with Gasteiger partial charge in [0.25, 0.3) is 0 Å². The maximum atomic E-state index is 11.6. The molecule has 1 aromatic heterocycles. The van der Waals surface area contributed by atoms with Gasteiger partial charge in [-0.1, -0.05) is 54.6 Å². The topological polar surface area (TPSA) is 51.5 Å². The van der Waals surface area contributed by atoms with Crippen LogP contribution in [0, 0.1) is 6.92 Å². The summed E-state index contributed by atoms with van der Waals surface area (Å²) >= 11 is 0.